The van der Waals surface area contributed by atoms with Crippen molar-refractivity contribution >= 4 is 17.5 Å². The Labute approximate surface area is 122 Å². The van der Waals surface area contributed by atoms with Crippen molar-refractivity contribution in [3.8, 4) is 0 Å². The van der Waals surface area contributed by atoms with E-state index >= 15 is 0 Å². The number of carbonyl (C=O) groups is 2. The van der Waals surface area contributed by atoms with Gasteiger partial charge < -0.3 is 20.8 Å². The summed E-state index contributed by atoms with van der Waals surface area (Å²) in [5.74, 6) is 0.122. The third kappa shape index (κ3) is 3.29. The monoisotopic (exact) mass is 287 g/mol. The SMILES string of the molecule is CNC(=O)c1ccc(C)c(NC(=O)c2ccc(CN)o2)c1. The van der Waals surface area contributed by atoms with Crippen LogP contribution in [0.4, 0.5) is 5.69 Å². The summed E-state index contributed by atoms with van der Waals surface area (Å²) in [6.45, 7) is 2.08. The van der Waals surface area contributed by atoms with E-state index in [1.54, 1.807) is 37.4 Å². The van der Waals surface area contributed by atoms with Crippen LogP contribution in [0.15, 0.2) is 34.7 Å². The lowest BCUT2D eigenvalue weighted by Crippen LogP contribution is -2.18. The molecule has 1 aromatic carbocycles. The summed E-state index contributed by atoms with van der Waals surface area (Å²) >= 11 is 0. The normalized spacial score (nSPS) is 10.2. The van der Waals surface area contributed by atoms with Gasteiger partial charge >= 0.3 is 0 Å². The Balaban J connectivity index is 2.22. The van der Waals surface area contributed by atoms with Crippen LogP contribution in [0.2, 0.25) is 0 Å². The third-order valence-electron chi connectivity index (χ3n) is 3.06. The average molecular weight is 287 g/mol. The highest BCUT2D eigenvalue weighted by atomic mass is 16.4. The fourth-order valence-corrected chi connectivity index (χ4v) is 1.84. The Morgan fingerprint density at radius 2 is 1.95 bits per heavy atom. The van der Waals surface area contributed by atoms with Crippen LogP contribution in [0.5, 0.6) is 0 Å². The van der Waals surface area contributed by atoms with Crippen LogP contribution in [0.1, 0.15) is 32.2 Å². The zero-order valence-electron chi connectivity index (χ0n) is 11.9. The highest BCUT2D eigenvalue weighted by Gasteiger charge is 2.13. The maximum atomic E-state index is 12.1. The van der Waals surface area contributed by atoms with Gasteiger partial charge in [-0.1, -0.05) is 6.07 Å². The smallest absolute Gasteiger partial charge is 0.291 e. The summed E-state index contributed by atoms with van der Waals surface area (Å²) in [6, 6.07) is 8.31. The second-order valence-corrected chi connectivity index (χ2v) is 4.53. The first-order chi connectivity index (χ1) is 10.0. The zero-order chi connectivity index (χ0) is 15.4. The van der Waals surface area contributed by atoms with Crippen LogP contribution >= 0.6 is 0 Å². The second kappa shape index (κ2) is 6.23. The molecule has 110 valence electrons. The van der Waals surface area contributed by atoms with Crippen LogP contribution in [0.25, 0.3) is 0 Å². The number of hydrogen-bond acceptors (Lipinski definition) is 4. The van der Waals surface area contributed by atoms with Gasteiger partial charge in [-0.05, 0) is 36.8 Å². The molecule has 0 spiro atoms. The van der Waals surface area contributed by atoms with Crippen molar-refractivity contribution in [3.63, 3.8) is 0 Å². The molecule has 6 nitrogen and oxygen atoms in total. The molecule has 0 saturated carbocycles. The fourth-order valence-electron chi connectivity index (χ4n) is 1.84. The third-order valence-corrected chi connectivity index (χ3v) is 3.06. The molecule has 0 saturated heterocycles. The first-order valence-corrected chi connectivity index (χ1v) is 6.48. The summed E-state index contributed by atoms with van der Waals surface area (Å²) in [5.41, 5.74) is 7.32. The van der Waals surface area contributed by atoms with Crippen LogP contribution in [0, 0.1) is 6.92 Å². The number of amides is 2. The van der Waals surface area contributed by atoms with Gasteiger partial charge in [0.15, 0.2) is 5.76 Å². The zero-order valence-corrected chi connectivity index (χ0v) is 11.9. The highest BCUT2D eigenvalue weighted by Crippen LogP contribution is 2.18. The van der Waals surface area contributed by atoms with Gasteiger partial charge in [0.05, 0.1) is 6.54 Å². The molecular formula is C15H17N3O3. The van der Waals surface area contributed by atoms with Crippen LogP contribution < -0.4 is 16.4 Å². The number of rotatable bonds is 4. The van der Waals surface area contributed by atoms with Gasteiger partial charge in [-0.25, -0.2) is 0 Å². The van der Waals surface area contributed by atoms with Crippen LogP contribution in [-0.4, -0.2) is 18.9 Å². The Hall–Kier alpha value is -2.60. The lowest BCUT2D eigenvalue weighted by Gasteiger charge is -2.09. The molecule has 1 heterocycles. The van der Waals surface area contributed by atoms with Gasteiger partial charge in [-0.2, -0.15) is 0 Å². The first kappa shape index (κ1) is 14.8. The average Bonchev–Trinajstić information content (AvgIpc) is 2.97. The standard InChI is InChI=1S/C15H17N3O3/c1-9-3-4-10(14(19)17-2)7-12(9)18-15(20)13-6-5-11(8-16)21-13/h3-7H,8,16H2,1-2H3,(H,17,19)(H,18,20). The quantitative estimate of drug-likeness (QED) is 0.796. The van der Waals surface area contributed by atoms with Crippen molar-refractivity contribution in [3.05, 3.63) is 53.0 Å². The number of furan rings is 1. The predicted octanol–water partition coefficient (Wildman–Crippen LogP) is 1.66. The Kier molecular flexibility index (Phi) is 4.39. The number of carbonyl (C=O) groups excluding carboxylic acids is 2. The van der Waals surface area contributed by atoms with Crippen molar-refractivity contribution in [2.75, 3.05) is 12.4 Å². The molecule has 2 aromatic rings. The summed E-state index contributed by atoms with van der Waals surface area (Å²) in [4.78, 5) is 23.7. The van der Waals surface area contributed by atoms with Gasteiger partial charge in [0.25, 0.3) is 11.8 Å². The molecule has 0 aliphatic carbocycles. The van der Waals surface area contributed by atoms with E-state index in [-0.39, 0.29) is 24.1 Å². The molecule has 0 bridgehead atoms. The Bertz CT molecular complexity index is 677. The maximum Gasteiger partial charge on any atom is 0.291 e. The van der Waals surface area contributed by atoms with Crippen molar-refractivity contribution in [2.24, 2.45) is 5.73 Å². The highest BCUT2D eigenvalue weighted by molar-refractivity contribution is 6.04. The summed E-state index contributed by atoms with van der Waals surface area (Å²) < 4.78 is 5.29. The van der Waals surface area contributed by atoms with Crippen molar-refractivity contribution < 1.29 is 14.0 Å². The summed E-state index contributed by atoms with van der Waals surface area (Å²) in [5, 5.41) is 5.27. The molecule has 0 radical (unpaired) electrons. The molecule has 4 N–H and O–H groups in total. The van der Waals surface area contributed by atoms with Crippen molar-refractivity contribution in [1.29, 1.82) is 0 Å². The molecular weight excluding hydrogens is 270 g/mol. The fraction of sp³-hybridized carbons (Fsp3) is 0.200. The molecule has 21 heavy (non-hydrogen) atoms. The molecule has 2 amide bonds. The van der Waals surface area contributed by atoms with Gasteiger partial charge in [-0.3, -0.25) is 9.59 Å². The van der Waals surface area contributed by atoms with E-state index in [0.717, 1.165) is 5.56 Å². The summed E-state index contributed by atoms with van der Waals surface area (Å²) in [6.07, 6.45) is 0. The Morgan fingerprint density at radius 1 is 1.19 bits per heavy atom. The molecule has 0 aliphatic rings. The number of hydrogen-bond donors (Lipinski definition) is 3. The molecule has 2 rings (SSSR count). The molecule has 6 heteroatoms. The van der Waals surface area contributed by atoms with E-state index in [9.17, 15) is 9.59 Å². The number of benzene rings is 1. The first-order valence-electron chi connectivity index (χ1n) is 6.48. The van der Waals surface area contributed by atoms with E-state index in [1.165, 1.54) is 0 Å². The number of nitrogens with one attached hydrogen (secondary N) is 2. The van der Waals surface area contributed by atoms with Crippen LogP contribution in [0.3, 0.4) is 0 Å². The second-order valence-electron chi connectivity index (χ2n) is 4.53. The van der Waals surface area contributed by atoms with Gasteiger partial charge in [0.2, 0.25) is 0 Å². The number of nitrogens with two attached hydrogens (primary N) is 1. The minimum atomic E-state index is -0.383. The largest absolute Gasteiger partial charge is 0.455 e. The van der Waals surface area contributed by atoms with E-state index in [1.807, 2.05) is 6.92 Å². The molecule has 0 unspecified atom stereocenters. The topological polar surface area (TPSA) is 97.4 Å². The Morgan fingerprint density at radius 3 is 2.57 bits per heavy atom. The molecule has 0 aliphatic heterocycles. The molecule has 1 aromatic heterocycles. The number of aryl methyl sites for hydroxylation is 1. The minimum absolute atomic E-state index is 0.181. The number of anilines is 1. The van der Waals surface area contributed by atoms with Gasteiger partial charge in [0, 0.05) is 18.3 Å². The van der Waals surface area contributed by atoms with Gasteiger partial charge in [-0.15, -0.1) is 0 Å². The molecule has 0 atom stereocenters. The summed E-state index contributed by atoms with van der Waals surface area (Å²) in [7, 11) is 1.55. The maximum absolute atomic E-state index is 12.1. The van der Waals surface area contributed by atoms with E-state index in [0.29, 0.717) is 17.0 Å². The molecule has 0 fully saturated rings. The lowest BCUT2D eigenvalue weighted by atomic mass is 10.1. The predicted molar refractivity (Wildman–Crippen MR) is 79.1 cm³/mol. The van der Waals surface area contributed by atoms with Crippen LogP contribution in [-0.2, 0) is 6.54 Å². The van der Waals surface area contributed by atoms with E-state index < -0.39 is 0 Å². The van der Waals surface area contributed by atoms with Gasteiger partial charge in [0.1, 0.15) is 5.76 Å². The lowest BCUT2D eigenvalue weighted by molar-refractivity contribution is 0.0960. The van der Waals surface area contributed by atoms with Crippen molar-refractivity contribution in [2.45, 2.75) is 13.5 Å². The van der Waals surface area contributed by atoms with E-state index in [4.69, 9.17) is 10.2 Å². The van der Waals surface area contributed by atoms with Crippen molar-refractivity contribution in [1.82, 2.24) is 5.32 Å². The van der Waals surface area contributed by atoms with E-state index in [2.05, 4.69) is 10.6 Å². The minimum Gasteiger partial charge on any atom is -0.455 e.